The predicted octanol–water partition coefficient (Wildman–Crippen LogP) is 2.99. The van der Waals surface area contributed by atoms with Crippen molar-refractivity contribution in [2.45, 2.75) is 19.0 Å². The molecule has 0 aliphatic carbocycles. The molecule has 3 nitrogen and oxygen atoms in total. The number of nitrogens with zero attached hydrogens (tertiary/aromatic N) is 2. The van der Waals surface area contributed by atoms with E-state index in [1.165, 1.54) is 12.1 Å². The van der Waals surface area contributed by atoms with E-state index in [-0.39, 0.29) is 17.2 Å². The van der Waals surface area contributed by atoms with E-state index in [2.05, 4.69) is 0 Å². The number of hydrogen-bond acceptors (Lipinski definition) is 3. The first-order chi connectivity index (χ1) is 9.45. The molecule has 20 heavy (non-hydrogen) atoms. The Morgan fingerprint density at radius 3 is 2.45 bits per heavy atom. The van der Waals surface area contributed by atoms with Crippen LogP contribution in [-0.2, 0) is 11.0 Å². The Kier molecular flexibility index (Phi) is 3.98. The molecule has 1 aromatic carbocycles. The van der Waals surface area contributed by atoms with E-state index < -0.39 is 11.7 Å². The van der Waals surface area contributed by atoms with Crippen LogP contribution >= 0.6 is 0 Å². The summed E-state index contributed by atoms with van der Waals surface area (Å²) in [6, 6.07) is 5.32. The molecule has 1 aliphatic rings. The highest BCUT2D eigenvalue weighted by Crippen LogP contribution is 2.38. The molecule has 6 heteroatoms. The number of hydrogen-bond donors (Lipinski definition) is 0. The fourth-order valence-corrected chi connectivity index (χ4v) is 2.38. The molecule has 0 aromatic heterocycles. The molecule has 0 atom stereocenters. The molecule has 0 N–H and O–H groups in total. The first-order valence-electron chi connectivity index (χ1n) is 6.27. The second-order valence-corrected chi connectivity index (χ2v) is 4.80. The Bertz CT molecular complexity index is 540. The number of alkyl halides is 3. The summed E-state index contributed by atoms with van der Waals surface area (Å²) in [5.41, 5.74) is -0.717. The highest BCUT2D eigenvalue weighted by atomic mass is 19.4. The SMILES string of the molecule is N#Cc1ccc(N2CCC(C=O)CC2)c(C(F)(F)F)c1. The Morgan fingerprint density at radius 2 is 1.95 bits per heavy atom. The summed E-state index contributed by atoms with van der Waals surface area (Å²) in [5, 5.41) is 8.73. The normalized spacial score (nSPS) is 16.8. The number of rotatable bonds is 2. The minimum Gasteiger partial charge on any atom is -0.371 e. The molecule has 106 valence electrons. The van der Waals surface area contributed by atoms with Crippen molar-refractivity contribution in [3.8, 4) is 6.07 Å². The summed E-state index contributed by atoms with van der Waals surface area (Å²) >= 11 is 0. The molecule has 0 unspecified atom stereocenters. The lowest BCUT2D eigenvalue weighted by Crippen LogP contribution is -2.35. The standard InChI is InChI=1S/C14H13F3N2O/c15-14(16,17)12-7-11(8-18)1-2-13(12)19-5-3-10(9-20)4-6-19/h1-2,7,9-10H,3-6H2. The quantitative estimate of drug-likeness (QED) is 0.783. The fraction of sp³-hybridized carbons (Fsp3) is 0.429. The van der Waals surface area contributed by atoms with Gasteiger partial charge in [0.1, 0.15) is 6.29 Å². The molecule has 1 aromatic rings. The Labute approximate surface area is 114 Å². The van der Waals surface area contributed by atoms with Gasteiger partial charge in [0.2, 0.25) is 0 Å². The van der Waals surface area contributed by atoms with Crippen molar-refractivity contribution in [1.29, 1.82) is 5.26 Å². The summed E-state index contributed by atoms with van der Waals surface area (Å²) in [6.07, 6.45) is -2.52. The van der Waals surface area contributed by atoms with Gasteiger partial charge in [-0.1, -0.05) is 0 Å². The van der Waals surface area contributed by atoms with E-state index in [9.17, 15) is 18.0 Å². The summed E-state index contributed by atoms with van der Waals surface area (Å²) in [7, 11) is 0. The van der Waals surface area contributed by atoms with Gasteiger partial charge in [0, 0.05) is 24.7 Å². The van der Waals surface area contributed by atoms with Gasteiger partial charge in [-0.25, -0.2) is 0 Å². The van der Waals surface area contributed by atoms with Crippen LogP contribution in [0.5, 0.6) is 0 Å². The molecule has 0 saturated carbocycles. The topological polar surface area (TPSA) is 44.1 Å². The maximum atomic E-state index is 13.1. The maximum absolute atomic E-state index is 13.1. The van der Waals surface area contributed by atoms with Crippen LogP contribution in [0.2, 0.25) is 0 Å². The minimum absolute atomic E-state index is 0.0103. The number of anilines is 1. The largest absolute Gasteiger partial charge is 0.418 e. The first kappa shape index (κ1) is 14.4. The van der Waals surface area contributed by atoms with Gasteiger partial charge in [0.25, 0.3) is 0 Å². The molecule has 1 saturated heterocycles. The highest BCUT2D eigenvalue weighted by Gasteiger charge is 2.36. The average molecular weight is 282 g/mol. The molecule has 1 heterocycles. The van der Waals surface area contributed by atoms with E-state index in [0.29, 0.717) is 25.9 Å². The number of piperidine rings is 1. The summed E-state index contributed by atoms with van der Waals surface area (Å²) in [4.78, 5) is 12.3. The van der Waals surface area contributed by atoms with Gasteiger partial charge >= 0.3 is 6.18 Å². The fourth-order valence-electron chi connectivity index (χ4n) is 2.38. The zero-order valence-electron chi connectivity index (χ0n) is 10.7. The van der Waals surface area contributed by atoms with E-state index in [4.69, 9.17) is 5.26 Å². The molecular weight excluding hydrogens is 269 g/mol. The van der Waals surface area contributed by atoms with Crippen molar-refractivity contribution < 1.29 is 18.0 Å². The Balaban J connectivity index is 2.32. The molecule has 2 rings (SSSR count). The average Bonchev–Trinajstić information content (AvgIpc) is 2.46. The van der Waals surface area contributed by atoms with Gasteiger partial charge in [-0.3, -0.25) is 0 Å². The first-order valence-corrected chi connectivity index (χ1v) is 6.27. The number of nitriles is 1. The number of benzene rings is 1. The molecule has 1 fully saturated rings. The van der Waals surface area contributed by atoms with Crippen LogP contribution in [0.1, 0.15) is 24.0 Å². The van der Waals surface area contributed by atoms with Crippen LogP contribution in [0.3, 0.4) is 0 Å². The van der Waals surface area contributed by atoms with Crippen molar-refractivity contribution >= 4 is 12.0 Å². The zero-order valence-corrected chi connectivity index (χ0v) is 10.7. The third-order valence-corrected chi connectivity index (χ3v) is 3.50. The van der Waals surface area contributed by atoms with Crippen molar-refractivity contribution in [2.24, 2.45) is 5.92 Å². The van der Waals surface area contributed by atoms with E-state index in [0.717, 1.165) is 12.4 Å². The highest BCUT2D eigenvalue weighted by molar-refractivity contribution is 5.60. The van der Waals surface area contributed by atoms with Crippen LogP contribution in [0, 0.1) is 17.2 Å². The Hall–Kier alpha value is -2.03. The van der Waals surface area contributed by atoms with E-state index in [1.807, 2.05) is 0 Å². The molecule has 1 aliphatic heterocycles. The third-order valence-electron chi connectivity index (χ3n) is 3.50. The maximum Gasteiger partial charge on any atom is 0.418 e. The van der Waals surface area contributed by atoms with Gasteiger partial charge in [-0.05, 0) is 31.0 Å². The molecule has 0 bridgehead atoms. The molecule has 0 spiro atoms. The second-order valence-electron chi connectivity index (χ2n) is 4.80. The van der Waals surface area contributed by atoms with Crippen LogP contribution in [0.15, 0.2) is 18.2 Å². The number of carbonyl (C=O) groups is 1. The van der Waals surface area contributed by atoms with Crippen molar-refractivity contribution in [1.82, 2.24) is 0 Å². The number of halogens is 3. The Morgan fingerprint density at radius 1 is 1.30 bits per heavy atom. The van der Waals surface area contributed by atoms with Crippen LogP contribution in [0.4, 0.5) is 18.9 Å². The monoisotopic (exact) mass is 282 g/mol. The summed E-state index contributed by atoms with van der Waals surface area (Å²) in [6.45, 7) is 0.830. The lowest BCUT2D eigenvalue weighted by atomic mass is 9.97. The van der Waals surface area contributed by atoms with Crippen molar-refractivity contribution in [3.63, 3.8) is 0 Å². The van der Waals surface area contributed by atoms with Gasteiger partial charge in [0.05, 0.1) is 17.2 Å². The number of carbonyl (C=O) groups excluding carboxylic acids is 1. The summed E-state index contributed by atoms with van der Waals surface area (Å²) in [5.74, 6) is -0.0704. The third kappa shape index (κ3) is 2.93. The van der Waals surface area contributed by atoms with Gasteiger partial charge in [-0.2, -0.15) is 18.4 Å². The van der Waals surface area contributed by atoms with Crippen molar-refractivity contribution in [2.75, 3.05) is 18.0 Å². The van der Waals surface area contributed by atoms with Gasteiger partial charge < -0.3 is 9.69 Å². The lowest BCUT2D eigenvalue weighted by molar-refractivity contribution is -0.137. The van der Waals surface area contributed by atoms with Crippen LogP contribution in [0.25, 0.3) is 0 Å². The molecule has 0 radical (unpaired) electrons. The van der Waals surface area contributed by atoms with E-state index >= 15 is 0 Å². The van der Waals surface area contributed by atoms with Crippen LogP contribution in [-0.4, -0.2) is 19.4 Å². The van der Waals surface area contributed by atoms with Crippen LogP contribution < -0.4 is 4.90 Å². The predicted molar refractivity (Wildman–Crippen MR) is 67.2 cm³/mol. The van der Waals surface area contributed by atoms with Gasteiger partial charge in [-0.15, -0.1) is 0 Å². The van der Waals surface area contributed by atoms with E-state index in [1.54, 1.807) is 11.0 Å². The summed E-state index contributed by atoms with van der Waals surface area (Å²) < 4.78 is 39.2. The van der Waals surface area contributed by atoms with Gasteiger partial charge in [0.15, 0.2) is 0 Å². The molecular formula is C14H13F3N2O. The smallest absolute Gasteiger partial charge is 0.371 e. The minimum atomic E-state index is -4.50. The number of aldehydes is 1. The second kappa shape index (κ2) is 5.53. The lowest BCUT2D eigenvalue weighted by Gasteiger charge is -2.33. The molecule has 0 amide bonds. The van der Waals surface area contributed by atoms with Crippen molar-refractivity contribution in [3.05, 3.63) is 29.3 Å². The zero-order chi connectivity index (χ0) is 14.8.